The molecular formula is C15H23NO. The number of nitrogens with zero attached hydrogens (tertiary/aromatic N) is 1. The SMILES string of the molecule is CCCC(C)N(C)CC(=O)c1ccccc1C. The Balaban J connectivity index is 2.64. The number of carbonyl (C=O) groups is 1. The third-order valence-electron chi connectivity index (χ3n) is 3.30. The third-order valence-corrected chi connectivity index (χ3v) is 3.30. The summed E-state index contributed by atoms with van der Waals surface area (Å²) in [7, 11) is 2.02. The normalized spacial score (nSPS) is 12.8. The quantitative estimate of drug-likeness (QED) is 0.703. The Hall–Kier alpha value is -1.15. The van der Waals surface area contributed by atoms with Crippen molar-refractivity contribution in [1.29, 1.82) is 0 Å². The van der Waals surface area contributed by atoms with Crippen molar-refractivity contribution in [2.75, 3.05) is 13.6 Å². The molecule has 0 N–H and O–H groups in total. The van der Waals surface area contributed by atoms with Gasteiger partial charge in [-0.3, -0.25) is 9.69 Å². The van der Waals surface area contributed by atoms with Gasteiger partial charge in [-0.15, -0.1) is 0 Å². The van der Waals surface area contributed by atoms with E-state index in [1.807, 2.05) is 38.2 Å². The molecular weight excluding hydrogens is 210 g/mol. The van der Waals surface area contributed by atoms with Gasteiger partial charge in [-0.2, -0.15) is 0 Å². The van der Waals surface area contributed by atoms with Crippen LogP contribution in [0.2, 0.25) is 0 Å². The first kappa shape index (κ1) is 13.9. The van der Waals surface area contributed by atoms with Crippen LogP contribution in [0.15, 0.2) is 24.3 Å². The molecule has 0 aromatic heterocycles. The van der Waals surface area contributed by atoms with Gasteiger partial charge in [0.25, 0.3) is 0 Å². The number of hydrogen-bond acceptors (Lipinski definition) is 2. The largest absolute Gasteiger partial charge is 0.296 e. The average Bonchev–Trinajstić information content (AvgIpc) is 2.29. The third kappa shape index (κ3) is 3.97. The van der Waals surface area contributed by atoms with Crippen LogP contribution in [0.5, 0.6) is 0 Å². The van der Waals surface area contributed by atoms with Crippen molar-refractivity contribution in [2.45, 2.75) is 39.7 Å². The number of benzene rings is 1. The fraction of sp³-hybridized carbons (Fsp3) is 0.533. The smallest absolute Gasteiger partial charge is 0.177 e. The maximum Gasteiger partial charge on any atom is 0.177 e. The van der Waals surface area contributed by atoms with Crippen LogP contribution in [0.3, 0.4) is 0 Å². The summed E-state index contributed by atoms with van der Waals surface area (Å²) in [5.41, 5.74) is 1.91. The molecule has 1 atom stereocenters. The number of carbonyl (C=O) groups excluding carboxylic acids is 1. The molecule has 2 nitrogen and oxygen atoms in total. The molecule has 0 saturated heterocycles. The highest BCUT2D eigenvalue weighted by atomic mass is 16.1. The number of hydrogen-bond donors (Lipinski definition) is 0. The zero-order chi connectivity index (χ0) is 12.8. The standard InChI is InChI=1S/C15H23NO/c1-5-8-13(3)16(4)11-15(17)14-10-7-6-9-12(14)2/h6-7,9-10,13H,5,8,11H2,1-4H3. The second-order valence-corrected chi connectivity index (χ2v) is 4.79. The zero-order valence-corrected chi connectivity index (χ0v) is 11.4. The Labute approximate surface area is 105 Å². The number of likely N-dealkylation sites (N-methyl/N-ethyl adjacent to an activating group) is 1. The van der Waals surface area contributed by atoms with Gasteiger partial charge in [0.1, 0.15) is 0 Å². The molecule has 0 aliphatic carbocycles. The van der Waals surface area contributed by atoms with Gasteiger partial charge in [0, 0.05) is 11.6 Å². The van der Waals surface area contributed by atoms with E-state index >= 15 is 0 Å². The summed E-state index contributed by atoms with van der Waals surface area (Å²) in [6.45, 7) is 6.84. The van der Waals surface area contributed by atoms with Gasteiger partial charge in [-0.25, -0.2) is 0 Å². The van der Waals surface area contributed by atoms with Gasteiger partial charge in [0.05, 0.1) is 6.54 Å². The van der Waals surface area contributed by atoms with Crippen molar-refractivity contribution in [3.63, 3.8) is 0 Å². The zero-order valence-electron chi connectivity index (χ0n) is 11.4. The summed E-state index contributed by atoms with van der Waals surface area (Å²) in [5.74, 6) is 0.216. The van der Waals surface area contributed by atoms with Crippen LogP contribution in [0.4, 0.5) is 0 Å². The van der Waals surface area contributed by atoms with Crippen molar-refractivity contribution in [2.24, 2.45) is 0 Å². The maximum atomic E-state index is 12.1. The first-order valence-corrected chi connectivity index (χ1v) is 6.35. The van der Waals surface area contributed by atoms with Gasteiger partial charge in [-0.1, -0.05) is 37.6 Å². The lowest BCUT2D eigenvalue weighted by molar-refractivity contribution is 0.0920. The number of ketones is 1. The summed E-state index contributed by atoms with van der Waals surface area (Å²) < 4.78 is 0. The monoisotopic (exact) mass is 233 g/mol. The van der Waals surface area contributed by atoms with E-state index in [0.717, 1.165) is 24.0 Å². The Morgan fingerprint density at radius 3 is 2.59 bits per heavy atom. The van der Waals surface area contributed by atoms with E-state index in [1.54, 1.807) is 0 Å². The van der Waals surface area contributed by atoms with Gasteiger partial charge in [0.2, 0.25) is 0 Å². The lowest BCUT2D eigenvalue weighted by Crippen LogP contribution is -2.34. The Kier molecular flexibility index (Phi) is 5.36. The average molecular weight is 233 g/mol. The molecule has 1 rings (SSSR count). The minimum Gasteiger partial charge on any atom is -0.296 e. The molecule has 0 amide bonds. The summed E-state index contributed by atoms with van der Waals surface area (Å²) in [6, 6.07) is 8.26. The molecule has 0 radical (unpaired) electrons. The molecule has 1 unspecified atom stereocenters. The molecule has 0 saturated carbocycles. The number of aryl methyl sites for hydroxylation is 1. The lowest BCUT2D eigenvalue weighted by atomic mass is 10.0. The highest BCUT2D eigenvalue weighted by Crippen LogP contribution is 2.10. The van der Waals surface area contributed by atoms with Gasteiger partial charge < -0.3 is 0 Å². The minimum atomic E-state index is 0.216. The van der Waals surface area contributed by atoms with Crippen molar-refractivity contribution in [1.82, 2.24) is 4.90 Å². The predicted octanol–water partition coefficient (Wildman–Crippen LogP) is 3.30. The highest BCUT2D eigenvalue weighted by molar-refractivity contribution is 5.98. The first-order valence-electron chi connectivity index (χ1n) is 6.35. The van der Waals surface area contributed by atoms with Gasteiger partial charge >= 0.3 is 0 Å². The predicted molar refractivity (Wildman–Crippen MR) is 72.5 cm³/mol. The molecule has 94 valence electrons. The van der Waals surface area contributed by atoms with Crippen molar-refractivity contribution < 1.29 is 4.79 Å². The summed E-state index contributed by atoms with van der Waals surface area (Å²) in [4.78, 5) is 14.3. The highest BCUT2D eigenvalue weighted by Gasteiger charge is 2.14. The van der Waals surface area contributed by atoms with E-state index in [4.69, 9.17) is 0 Å². The van der Waals surface area contributed by atoms with Crippen molar-refractivity contribution >= 4 is 5.78 Å². The molecule has 17 heavy (non-hydrogen) atoms. The van der Waals surface area contributed by atoms with Crippen molar-refractivity contribution in [3.8, 4) is 0 Å². The first-order chi connectivity index (χ1) is 8.06. The van der Waals surface area contributed by atoms with Crippen LogP contribution in [0, 0.1) is 6.92 Å². The van der Waals surface area contributed by atoms with Gasteiger partial charge in [0.15, 0.2) is 5.78 Å². The number of Topliss-reactive ketones (excluding diaryl/α,β-unsaturated/α-hetero) is 1. The number of rotatable bonds is 6. The van der Waals surface area contributed by atoms with E-state index in [2.05, 4.69) is 18.7 Å². The Bertz CT molecular complexity index is 373. The van der Waals surface area contributed by atoms with Gasteiger partial charge in [-0.05, 0) is 32.9 Å². The molecule has 2 heteroatoms. The second kappa shape index (κ2) is 6.55. The molecule has 0 aliphatic rings. The van der Waals surface area contributed by atoms with Crippen LogP contribution in [0.1, 0.15) is 42.6 Å². The van der Waals surface area contributed by atoms with Crippen LogP contribution in [-0.4, -0.2) is 30.3 Å². The van der Waals surface area contributed by atoms with Crippen LogP contribution < -0.4 is 0 Å². The van der Waals surface area contributed by atoms with E-state index in [-0.39, 0.29) is 5.78 Å². The Morgan fingerprint density at radius 1 is 1.35 bits per heavy atom. The fourth-order valence-electron chi connectivity index (χ4n) is 1.99. The Morgan fingerprint density at radius 2 is 2.00 bits per heavy atom. The molecule has 1 aromatic rings. The van der Waals surface area contributed by atoms with Crippen LogP contribution in [0.25, 0.3) is 0 Å². The fourth-order valence-corrected chi connectivity index (χ4v) is 1.99. The molecule has 0 fully saturated rings. The van der Waals surface area contributed by atoms with E-state index < -0.39 is 0 Å². The molecule has 0 heterocycles. The van der Waals surface area contributed by atoms with E-state index in [0.29, 0.717) is 12.6 Å². The molecule has 0 spiro atoms. The van der Waals surface area contributed by atoms with Crippen LogP contribution in [-0.2, 0) is 0 Å². The van der Waals surface area contributed by atoms with Crippen LogP contribution >= 0.6 is 0 Å². The minimum absolute atomic E-state index is 0.216. The lowest BCUT2D eigenvalue weighted by Gasteiger charge is -2.23. The topological polar surface area (TPSA) is 20.3 Å². The van der Waals surface area contributed by atoms with E-state index in [1.165, 1.54) is 0 Å². The summed E-state index contributed by atoms with van der Waals surface area (Å²) >= 11 is 0. The van der Waals surface area contributed by atoms with E-state index in [9.17, 15) is 4.79 Å². The second-order valence-electron chi connectivity index (χ2n) is 4.79. The maximum absolute atomic E-state index is 12.1. The molecule has 1 aromatic carbocycles. The summed E-state index contributed by atoms with van der Waals surface area (Å²) in [5, 5.41) is 0. The molecule has 0 aliphatic heterocycles. The summed E-state index contributed by atoms with van der Waals surface area (Å²) in [6.07, 6.45) is 2.29. The molecule has 0 bridgehead atoms. The van der Waals surface area contributed by atoms with Crippen molar-refractivity contribution in [3.05, 3.63) is 35.4 Å².